The van der Waals surface area contributed by atoms with Crippen LogP contribution in [0.2, 0.25) is 0 Å². The van der Waals surface area contributed by atoms with Crippen LogP contribution in [-0.2, 0) is 4.79 Å². The molecule has 106 valence electrons. The molecule has 1 aliphatic heterocycles. The molecule has 0 spiro atoms. The maximum atomic E-state index is 11.4. The van der Waals surface area contributed by atoms with E-state index in [9.17, 15) is 9.90 Å². The quantitative estimate of drug-likeness (QED) is 0.748. The Labute approximate surface area is 115 Å². The highest BCUT2D eigenvalue weighted by Gasteiger charge is 2.36. The lowest BCUT2D eigenvalue weighted by Gasteiger charge is -2.28. The first-order valence-corrected chi connectivity index (χ1v) is 8.08. The number of rotatable bonds is 7. The smallest absolute Gasteiger partial charge is 0.310 e. The van der Waals surface area contributed by atoms with E-state index in [0.717, 1.165) is 11.0 Å². The third kappa shape index (κ3) is 3.64. The van der Waals surface area contributed by atoms with E-state index in [4.69, 9.17) is 0 Å². The Kier molecular flexibility index (Phi) is 5.99. The third-order valence-electron chi connectivity index (χ3n) is 4.31. The molecular formula is C14H27NO2S. The zero-order valence-corrected chi connectivity index (χ0v) is 12.8. The maximum absolute atomic E-state index is 11.4. The highest BCUT2D eigenvalue weighted by molar-refractivity contribution is 8.00. The van der Waals surface area contributed by atoms with E-state index in [2.05, 4.69) is 19.2 Å². The summed E-state index contributed by atoms with van der Waals surface area (Å²) in [4.78, 5) is 11.4. The van der Waals surface area contributed by atoms with Crippen LogP contribution in [0.25, 0.3) is 0 Å². The minimum Gasteiger partial charge on any atom is -0.481 e. The Bertz CT molecular complexity index is 277. The van der Waals surface area contributed by atoms with E-state index in [1.807, 2.05) is 25.6 Å². The van der Waals surface area contributed by atoms with Crippen LogP contribution in [0, 0.1) is 11.3 Å². The molecule has 0 bridgehead atoms. The lowest BCUT2D eigenvalue weighted by Crippen LogP contribution is -2.44. The highest BCUT2D eigenvalue weighted by Crippen LogP contribution is 2.33. The molecule has 2 unspecified atom stereocenters. The lowest BCUT2D eigenvalue weighted by molar-refractivity contribution is -0.149. The van der Waals surface area contributed by atoms with Crippen molar-refractivity contribution < 1.29 is 9.90 Å². The molecule has 18 heavy (non-hydrogen) atoms. The average Bonchev–Trinajstić information content (AvgIpc) is 2.79. The van der Waals surface area contributed by atoms with Crippen LogP contribution in [0.3, 0.4) is 0 Å². The zero-order valence-electron chi connectivity index (χ0n) is 12.0. The predicted molar refractivity (Wildman–Crippen MR) is 78.1 cm³/mol. The molecule has 2 atom stereocenters. The molecule has 0 aromatic heterocycles. The van der Waals surface area contributed by atoms with Gasteiger partial charge in [0.1, 0.15) is 0 Å². The zero-order chi connectivity index (χ0) is 13.8. The number of hydrogen-bond donors (Lipinski definition) is 2. The van der Waals surface area contributed by atoms with Gasteiger partial charge in [-0.1, -0.05) is 27.7 Å². The summed E-state index contributed by atoms with van der Waals surface area (Å²) in [6.07, 6.45) is 2.56. The Hall–Kier alpha value is -0.220. The Balaban J connectivity index is 2.47. The van der Waals surface area contributed by atoms with Gasteiger partial charge in [0.25, 0.3) is 0 Å². The van der Waals surface area contributed by atoms with Crippen molar-refractivity contribution in [1.82, 2.24) is 5.32 Å². The van der Waals surface area contributed by atoms with Gasteiger partial charge in [0.2, 0.25) is 0 Å². The summed E-state index contributed by atoms with van der Waals surface area (Å²) >= 11 is 2.02. The number of carbonyl (C=O) groups is 1. The molecule has 0 saturated carbocycles. The van der Waals surface area contributed by atoms with Crippen LogP contribution in [0.5, 0.6) is 0 Å². The first-order chi connectivity index (χ1) is 8.45. The topological polar surface area (TPSA) is 49.3 Å². The maximum Gasteiger partial charge on any atom is 0.310 e. The van der Waals surface area contributed by atoms with Gasteiger partial charge in [-0.15, -0.1) is 0 Å². The van der Waals surface area contributed by atoms with Gasteiger partial charge >= 0.3 is 5.97 Å². The molecule has 1 aliphatic rings. The third-order valence-corrected chi connectivity index (χ3v) is 6.07. The number of hydrogen-bond acceptors (Lipinski definition) is 3. The van der Waals surface area contributed by atoms with Crippen LogP contribution in [0.1, 0.15) is 47.0 Å². The van der Waals surface area contributed by atoms with E-state index < -0.39 is 11.4 Å². The molecule has 1 rings (SSSR count). The summed E-state index contributed by atoms with van der Waals surface area (Å²) in [7, 11) is 0. The van der Waals surface area contributed by atoms with Gasteiger partial charge in [0.15, 0.2) is 0 Å². The second-order valence-corrected chi connectivity index (χ2v) is 6.99. The van der Waals surface area contributed by atoms with E-state index in [-0.39, 0.29) is 0 Å². The average molecular weight is 273 g/mol. The van der Waals surface area contributed by atoms with Crippen molar-refractivity contribution >= 4 is 17.7 Å². The summed E-state index contributed by atoms with van der Waals surface area (Å²) in [5.74, 6) is 1.17. The van der Waals surface area contributed by atoms with Gasteiger partial charge in [-0.25, -0.2) is 0 Å². The Morgan fingerprint density at radius 1 is 1.44 bits per heavy atom. The highest BCUT2D eigenvalue weighted by atomic mass is 32.2. The summed E-state index contributed by atoms with van der Waals surface area (Å²) in [5.41, 5.74) is -0.583. The largest absolute Gasteiger partial charge is 0.481 e. The van der Waals surface area contributed by atoms with Gasteiger partial charge < -0.3 is 10.4 Å². The van der Waals surface area contributed by atoms with Gasteiger partial charge in [0.05, 0.1) is 5.41 Å². The van der Waals surface area contributed by atoms with E-state index in [1.54, 1.807) is 0 Å². The molecule has 0 amide bonds. The predicted octanol–water partition coefficient (Wildman–Crippen LogP) is 3.00. The fraction of sp³-hybridized carbons (Fsp3) is 0.929. The normalized spacial score (nSPS) is 24.7. The number of nitrogens with one attached hydrogen (secondary N) is 1. The van der Waals surface area contributed by atoms with Crippen LogP contribution in [0.4, 0.5) is 0 Å². The van der Waals surface area contributed by atoms with Crippen molar-refractivity contribution in [1.29, 1.82) is 0 Å². The molecule has 1 heterocycles. The van der Waals surface area contributed by atoms with Crippen molar-refractivity contribution in [2.24, 2.45) is 11.3 Å². The second kappa shape index (κ2) is 6.80. The van der Waals surface area contributed by atoms with Gasteiger partial charge in [-0.2, -0.15) is 11.8 Å². The van der Waals surface area contributed by atoms with Crippen molar-refractivity contribution in [3.8, 4) is 0 Å². The Morgan fingerprint density at radius 3 is 2.44 bits per heavy atom. The van der Waals surface area contributed by atoms with Crippen LogP contribution < -0.4 is 5.32 Å². The number of thioether (sulfide) groups is 1. The summed E-state index contributed by atoms with van der Waals surface area (Å²) in [6.45, 7) is 9.07. The van der Waals surface area contributed by atoms with Crippen molar-refractivity contribution in [3.05, 3.63) is 0 Å². The summed E-state index contributed by atoms with van der Waals surface area (Å²) < 4.78 is 0. The molecule has 0 radical (unpaired) electrons. The second-order valence-electron chi connectivity index (χ2n) is 5.72. The van der Waals surface area contributed by atoms with Crippen LogP contribution in [0.15, 0.2) is 0 Å². The van der Waals surface area contributed by atoms with Crippen molar-refractivity contribution in [2.45, 2.75) is 58.2 Å². The molecule has 1 fully saturated rings. The number of carboxylic acids is 1. The monoisotopic (exact) mass is 273 g/mol. The van der Waals surface area contributed by atoms with Gasteiger partial charge in [-0.05, 0) is 25.2 Å². The van der Waals surface area contributed by atoms with Gasteiger partial charge in [-0.3, -0.25) is 4.79 Å². The van der Waals surface area contributed by atoms with Crippen molar-refractivity contribution in [3.63, 3.8) is 0 Å². The minimum atomic E-state index is -0.661. The molecule has 0 aromatic rings. The minimum absolute atomic E-state index is 0.485. The lowest BCUT2D eigenvalue weighted by atomic mass is 9.82. The van der Waals surface area contributed by atoms with Gasteiger partial charge in [0, 0.05) is 23.6 Å². The summed E-state index contributed by atoms with van der Waals surface area (Å²) in [6, 6.07) is 0.485. The number of aliphatic carboxylic acids is 1. The first-order valence-electron chi connectivity index (χ1n) is 7.03. The fourth-order valence-electron chi connectivity index (χ4n) is 2.48. The van der Waals surface area contributed by atoms with Crippen LogP contribution >= 0.6 is 11.8 Å². The standard InChI is InChI=1S/C14H27NO2S/c1-5-14(6-2,13(16)17)9-15-11-7-12(10(3)4)18-8-11/h10-12,15H,5-9H2,1-4H3,(H,16,17). The molecular weight excluding hydrogens is 246 g/mol. The molecule has 1 saturated heterocycles. The molecule has 2 N–H and O–H groups in total. The molecule has 0 aliphatic carbocycles. The van der Waals surface area contributed by atoms with E-state index >= 15 is 0 Å². The van der Waals surface area contributed by atoms with E-state index in [0.29, 0.717) is 31.3 Å². The molecule has 3 nitrogen and oxygen atoms in total. The summed E-state index contributed by atoms with van der Waals surface area (Å²) in [5, 5.41) is 13.6. The fourth-order valence-corrected chi connectivity index (χ4v) is 3.97. The molecule has 0 aromatic carbocycles. The first kappa shape index (κ1) is 15.8. The van der Waals surface area contributed by atoms with Crippen molar-refractivity contribution in [2.75, 3.05) is 12.3 Å². The number of carboxylic acid groups (broad SMARTS) is 1. The molecule has 4 heteroatoms. The SMILES string of the molecule is CCC(CC)(CNC1CSC(C(C)C)C1)C(=O)O. The van der Waals surface area contributed by atoms with E-state index in [1.165, 1.54) is 6.42 Å². The Morgan fingerprint density at radius 2 is 2.06 bits per heavy atom. The van der Waals surface area contributed by atoms with Crippen LogP contribution in [-0.4, -0.2) is 34.7 Å².